The summed E-state index contributed by atoms with van der Waals surface area (Å²) in [5.74, 6) is 0. The summed E-state index contributed by atoms with van der Waals surface area (Å²) in [4.78, 5) is 15.1. The van der Waals surface area contributed by atoms with E-state index in [9.17, 15) is 9.90 Å². The smallest absolute Gasteiger partial charge is 0.404 e. The van der Waals surface area contributed by atoms with Gasteiger partial charge in [-0.2, -0.15) is 0 Å². The Hall–Kier alpha value is -1.86. The van der Waals surface area contributed by atoms with E-state index in [-0.39, 0.29) is 12.2 Å². The van der Waals surface area contributed by atoms with E-state index in [1.54, 1.807) is 18.5 Å². The second kappa shape index (κ2) is 5.16. The molecule has 1 aromatic rings. The lowest BCUT2D eigenvalue weighted by atomic mass is 9.84. The number of hydrogen-bond donors (Lipinski definition) is 3. The summed E-state index contributed by atoms with van der Waals surface area (Å²) in [5, 5.41) is 10.8. The van der Waals surface area contributed by atoms with Gasteiger partial charge in [0.2, 0.25) is 0 Å². The molecular formula is C14H19N3O4. The summed E-state index contributed by atoms with van der Waals surface area (Å²) < 4.78 is 11.2. The minimum Gasteiger partial charge on any atom is -0.443 e. The highest BCUT2D eigenvalue weighted by Gasteiger charge is 2.55. The number of hydrogen-bond acceptors (Lipinski definition) is 6. The number of carbonyl (C=O) groups excluding carboxylic acids is 1. The molecule has 4 atom stereocenters. The van der Waals surface area contributed by atoms with Gasteiger partial charge in [0.05, 0.1) is 24.1 Å². The third-order valence-corrected chi connectivity index (χ3v) is 4.41. The largest absolute Gasteiger partial charge is 0.443 e. The quantitative estimate of drug-likeness (QED) is 0.744. The summed E-state index contributed by atoms with van der Waals surface area (Å²) in [7, 11) is 0. The molecule has 3 rings (SSSR count). The number of carbonyl (C=O) groups is 1. The number of nitrogen functional groups attached to an aromatic ring is 1. The number of fused-ring (bicyclic) bond motifs is 1. The number of nitrogens with zero attached hydrogens (tertiary/aromatic N) is 1. The molecule has 1 aliphatic carbocycles. The van der Waals surface area contributed by atoms with Crippen LogP contribution in [0, 0.1) is 0 Å². The lowest BCUT2D eigenvalue weighted by Crippen LogP contribution is -2.56. The molecule has 2 heterocycles. The van der Waals surface area contributed by atoms with Gasteiger partial charge in [-0.25, -0.2) is 4.79 Å². The number of aliphatic hydroxyl groups is 1. The van der Waals surface area contributed by atoms with Gasteiger partial charge in [-0.1, -0.05) is 0 Å². The van der Waals surface area contributed by atoms with Crippen molar-refractivity contribution >= 4 is 11.8 Å². The SMILES string of the molecule is NC(=O)O[C@H]1C[C@@H](c2ccncc2N)O[C@H]2CCC[C@]12O. The first-order chi connectivity index (χ1) is 10.0. The molecule has 0 unspecified atom stereocenters. The Morgan fingerprint density at radius 1 is 1.57 bits per heavy atom. The van der Waals surface area contributed by atoms with E-state index in [2.05, 4.69) is 4.98 Å². The molecular weight excluding hydrogens is 274 g/mol. The Morgan fingerprint density at radius 3 is 3.10 bits per heavy atom. The molecule has 1 aliphatic heterocycles. The minimum absolute atomic E-state index is 0.324. The molecule has 0 radical (unpaired) electrons. The lowest BCUT2D eigenvalue weighted by molar-refractivity contribution is -0.214. The highest BCUT2D eigenvalue weighted by atomic mass is 16.6. The predicted octanol–water partition coefficient (Wildman–Crippen LogP) is 0.873. The van der Waals surface area contributed by atoms with Crippen molar-refractivity contribution in [1.82, 2.24) is 4.98 Å². The predicted molar refractivity (Wildman–Crippen MR) is 74.1 cm³/mol. The van der Waals surface area contributed by atoms with Crippen LogP contribution in [-0.2, 0) is 9.47 Å². The molecule has 114 valence electrons. The van der Waals surface area contributed by atoms with Gasteiger partial charge in [0, 0.05) is 18.2 Å². The monoisotopic (exact) mass is 293 g/mol. The standard InChI is InChI=1S/C14H19N3O4/c15-9-7-17-5-3-8(9)10-6-12(21-13(16)18)14(19)4-1-2-11(14)20-10/h3,5,7,10-12,19H,1-2,4,6,15H2,(H2,16,18)/t10-,11-,12-,14+/m0/s1. The number of ether oxygens (including phenoxy) is 2. The molecule has 0 bridgehead atoms. The molecule has 5 N–H and O–H groups in total. The van der Waals surface area contributed by atoms with E-state index >= 15 is 0 Å². The third kappa shape index (κ3) is 2.43. The van der Waals surface area contributed by atoms with Crippen LogP contribution in [0.5, 0.6) is 0 Å². The van der Waals surface area contributed by atoms with Gasteiger partial charge in [-0.3, -0.25) is 4.98 Å². The zero-order valence-electron chi connectivity index (χ0n) is 11.6. The van der Waals surface area contributed by atoms with Crippen LogP contribution in [0.3, 0.4) is 0 Å². The number of nitrogens with two attached hydrogens (primary N) is 2. The Kier molecular flexibility index (Phi) is 3.46. The Bertz CT molecular complexity index is 553. The lowest BCUT2D eigenvalue weighted by Gasteiger charge is -2.44. The summed E-state index contributed by atoms with van der Waals surface area (Å²) >= 11 is 0. The maximum atomic E-state index is 11.1. The van der Waals surface area contributed by atoms with Crippen LogP contribution in [-0.4, -0.2) is 34.0 Å². The van der Waals surface area contributed by atoms with Gasteiger partial charge in [0.15, 0.2) is 0 Å². The molecule has 1 saturated carbocycles. The first kappa shape index (κ1) is 14.1. The minimum atomic E-state index is -1.16. The van der Waals surface area contributed by atoms with Gasteiger partial charge < -0.3 is 26.0 Å². The second-order valence-electron chi connectivity index (χ2n) is 5.66. The van der Waals surface area contributed by atoms with Crippen molar-refractivity contribution in [1.29, 1.82) is 0 Å². The van der Waals surface area contributed by atoms with Crippen LogP contribution in [0.4, 0.5) is 10.5 Å². The van der Waals surface area contributed by atoms with E-state index < -0.39 is 17.8 Å². The van der Waals surface area contributed by atoms with E-state index in [1.165, 1.54) is 0 Å². The number of primary amides is 1. The van der Waals surface area contributed by atoms with Gasteiger partial charge >= 0.3 is 6.09 Å². The van der Waals surface area contributed by atoms with Gasteiger partial charge in [0.25, 0.3) is 0 Å². The maximum absolute atomic E-state index is 11.1. The Morgan fingerprint density at radius 2 is 2.38 bits per heavy atom. The number of aromatic nitrogens is 1. The molecule has 2 aliphatic rings. The van der Waals surface area contributed by atoms with Crippen LogP contribution in [0.2, 0.25) is 0 Å². The highest BCUT2D eigenvalue weighted by molar-refractivity contribution is 5.65. The van der Waals surface area contributed by atoms with E-state index in [4.69, 9.17) is 20.9 Å². The number of pyridine rings is 1. The summed E-state index contributed by atoms with van der Waals surface area (Å²) in [6, 6.07) is 1.78. The second-order valence-corrected chi connectivity index (χ2v) is 5.66. The fourth-order valence-corrected chi connectivity index (χ4v) is 3.39. The van der Waals surface area contributed by atoms with Crippen molar-refractivity contribution < 1.29 is 19.4 Å². The first-order valence-corrected chi connectivity index (χ1v) is 7.04. The highest BCUT2D eigenvalue weighted by Crippen LogP contribution is 2.47. The number of amides is 1. The molecule has 7 heteroatoms. The topological polar surface area (TPSA) is 121 Å². The van der Waals surface area contributed by atoms with Crippen molar-refractivity contribution in [2.45, 2.75) is 49.6 Å². The van der Waals surface area contributed by atoms with Gasteiger partial charge in [-0.15, -0.1) is 0 Å². The van der Waals surface area contributed by atoms with Crippen molar-refractivity contribution in [3.05, 3.63) is 24.0 Å². The van der Waals surface area contributed by atoms with Crippen molar-refractivity contribution in [2.24, 2.45) is 5.73 Å². The number of anilines is 1. The van der Waals surface area contributed by atoms with Crippen molar-refractivity contribution in [2.75, 3.05) is 5.73 Å². The Balaban J connectivity index is 1.89. The molecule has 1 aromatic heterocycles. The summed E-state index contributed by atoms with van der Waals surface area (Å²) in [6.07, 6.45) is 3.28. The van der Waals surface area contributed by atoms with Crippen LogP contribution in [0.1, 0.15) is 37.4 Å². The molecule has 0 aromatic carbocycles. The van der Waals surface area contributed by atoms with Gasteiger partial charge in [-0.05, 0) is 25.3 Å². The van der Waals surface area contributed by atoms with E-state index in [0.717, 1.165) is 18.4 Å². The Labute approximate surface area is 122 Å². The fraction of sp³-hybridized carbons (Fsp3) is 0.571. The zero-order chi connectivity index (χ0) is 15.0. The molecule has 2 fully saturated rings. The fourth-order valence-electron chi connectivity index (χ4n) is 3.39. The van der Waals surface area contributed by atoms with Crippen LogP contribution in [0.15, 0.2) is 18.5 Å². The molecule has 0 spiro atoms. The summed E-state index contributed by atoms with van der Waals surface area (Å²) in [6.45, 7) is 0. The third-order valence-electron chi connectivity index (χ3n) is 4.41. The normalized spacial score (nSPS) is 35.2. The summed E-state index contributed by atoms with van der Waals surface area (Å²) in [5.41, 5.74) is 11.2. The van der Waals surface area contributed by atoms with Crippen LogP contribution < -0.4 is 11.5 Å². The average Bonchev–Trinajstić information content (AvgIpc) is 2.81. The average molecular weight is 293 g/mol. The first-order valence-electron chi connectivity index (χ1n) is 7.04. The van der Waals surface area contributed by atoms with Crippen LogP contribution in [0.25, 0.3) is 0 Å². The van der Waals surface area contributed by atoms with E-state index in [0.29, 0.717) is 18.5 Å². The number of rotatable bonds is 2. The molecule has 1 saturated heterocycles. The van der Waals surface area contributed by atoms with Gasteiger partial charge in [0.1, 0.15) is 11.7 Å². The maximum Gasteiger partial charge on any atom is 0.404 e. The van der Waals surface area contributed by atoms with Crippen molar-refractivity contribution in [3.8, 4) is 0 Å². The molecule has 7 nitrogen and oxygen atoms in total. The zero-order valence-corrected chi connectivity index (χ0v) is 11.6. The molecule has 1 amide bonds. The van der Waals surface area contributed by atoms with Crippen LogP contribution >= 0.6 is 0 Å². The molecule has 21 heavy (non-hydrogen) atoms. The van der Waals surface area contributed by atoms with Crippen molar-refractivity contribution in [3.63, 3.8) is 0 Å². The van der Waals surface area contributed by atoms with E-state index in [1.807, 2.05) is 0 Å².